The maximum absolute atomic E-state index is 8.84. The van der Waals surface area contributed by atoms with Crippen LogP contribution in [-0.4, -0.2) is 47.0 Å². The first-order valence-corrected chi connectivity index (χ1v) is 6.54. The van der Waals surface area contributed by atoms with Crippen molar-refractivity contribution < 1.29 is 0 Å². The third kappa shape index (κ3) is 3.06. The van der Waals surface area contributed by atoms with Crippen LogP contribution in [0, 0.1) is 11.3 Å². The standard InChI is InChI=1S/C14H20N4/c1-3-18-7-6-17(10-12(18)2)11-13-4-5-16-14(8-13)9-15/h4-5,8,12H,3,6-7,10-11H2,1-2H3. The normalized spacial score (nSPS) is 21.7. The van der Waals surface area contributed by atoms with Gasteiger partial charge in [-0.25, -0.2) is 4.98 Å². The summed E-state index contributed by atoms with van der Waals surface area (Å²) in [7, 11) is 0. The molecule has 0 radical (unpaired) electrons. The van der Waals surface area contributed by atoms with E-state index in [0.717, 1.165) is 32.7 Å². The van der Waals surface area contributed by atoms with Gasteiger partial charge in [0.25, 0.3) is 0 Å². The minimum atomic E-state index is 0.507. The molecular formula is C14H20N4. The second-order valence-electron chi connectivity index (χ2n) is 4.87. The highest BCUT2D eigenvalue weighted by molar-refractivity contribution is 5.25. The van der Waals surface area contributed by atoms with Crippen molar-refractivity contribution >= 4 is 0 Å². The van der Waals surface area contributed by atoms with Crippen LogP contribution in [0.15, 0.2) is 18.3 Å². The zero-order valence-electron chi connectivity index (χ0n) is 11.1. The van der Waals surface area contributed by atoms with E-state index < -0.39 is 0 Å². The lowest BCUT2D eigenvalue weighted by molar-refractivity contribution is 0.0834. The molecule has 1 atom stereocenters. The van der Waals surface area contributed by atoms with Gasteiger partial charge in [0, 0.05) is 38.4 Å². The molecule has 18 heavy (non-hydrogen) atoms. The van der Waals surface area contributed by atoms with Crippen LogP contribution in [0.4, 0.5) is 0 Å². The Balaban J connectivity index is 1.96. The molecule has 1 aliphatic heterocycles. The van der Waals surface area contributed by atoms with Crippen molar-refractivity contribution in [1.29, 1.82) is 5.26 Å². The topological polar surface area (TPSA) is 43.2 Å². The van der Waals surface area contributed by atoms with Crippen molar-refractivity contribution in [3.05, 3.63) is 29.6 Å². The summed E-state index contributed by atoms with van der Waals surface area (Å²) in [5.74, 6) is 0. The molecule has 2 rings (SSSR count). The zero-order valence-corrected chi connectivity index (χ0v) is 11.1. The van der Waals surface area contributed by atoms with Gasteiger partial charge < -0.3 is 0 Å². The fraction of sp³-hybridized carbons (Fsp3) is 0.571. The second-order valence-corrected chi connectivity index (χ2v) is 4.87. The van der Waals surface area contributed by atoms with E-state index in [2.05, 4.69) is 34.7 Å². The zero-order chi connectivity index (χ0) is 13.0. The van der Waals surface area contributed by atoms with Crippen molar-refractivity contribution in [3.63, 3.8) is 0 Å². The maximum atomic E-state index is 8.84. The lowest BCUT2D eigenvalue weighted by Gasteiger charge is -2.39. The fourth-order valence-electron chi connectivity index (χ4n) is 2.58. The Morgan fingerprint density at radius 1 is 1.50 bits per heavy atom. The number of piperazine rings is 1. The molecule has 0 spiro atoms. The molecule has 0 aliphatic carbocycles. The Bertz CT molecular complexity index is 438. The Morgan fingerprint density at radius 2 is 2.33 bits per heavy atom. The molecule has 1 aromatic heterocycles. The summed E-state index contributed by atoms with van der Waals surface area (Å²) < 4.78 is 0. The van der Waals surface area contributed by atoms with Gasteiger partial charge in [0.15, 0.2) is 0 Å². The van der Waals surface area contributed by atoms with E-state index in [-0.39, 0.29) is 0 Å². The van der Waals surface area contributed by atoms with E-state index >= 15 is 0 Å². The van der Waals surface area contributed by atoms with Crippen LogP contribution >= 0.6 is 0 Å². The highest BCUT2D eigenvalue weighted by Gasteiger charge is 2.22. The quantitative estimate of drug-likeness (QED) is 0.808. The Morgan fingerprint density at radius 3 is 3.00 bits per heavy atom. The molecule has 0 N–H and O–H groups in total. The van der Waals surface area contributed by atoms with Gasteiger partial charge in [-0.2, -0.15) is 5.26 Å². The van der Waals surface area contributed by atoms with Gasteiger partial charge in [0.1, 0.15) is 11.8 Å². The Labute approximate surface area is 109 Å². The van der Waals surface area contributed by atoms with Crippen LogP contribution in [0.3, 0.4) is 0 Å². The first-order valence-electron chi connectivity index (χ1n) is 6.54. The Kier molecular flexibility index (Phi) is 4.29. The summed E-state index contributed by atoms with van der Waals surface area (Å²) in [5.41, 5.74) is 1.69. The highest BCUT2D eigenvalue weighted by Crippen LogP contribution is 2.12. The predicted molar refractivity (Wildman–Crippen MR) is 70.9 cm³/mol. The van der Waals surface area contributed by atoms with Gasteiger partial charge >= 0.3 is 0 Å². The van der Waals surface area contributed by atoms with Crippen molar-refractivity contribution in [2.24, 2.45) is 0 Å². The molecule has 0 aromatic carbocycles. The number of hydrogen-bond donors (Lipinski definition) is 0. The van der Waals surface area contributed by atoms with Crippen molar-refractivity contribution in [3.8, 4) is 6.07 Å². The Hall–Kier alpha value is -1.44. The van der Waals surface area contributed by atoms with Crippen molar-refractivity contribution in [1.82, 2.24) is 14.8 Å². The van der Waals surface area contributed by atoms with Gasteiger partial charge in [0.05, 0.1) is 0 Å². The summed E-state index contributed by atoms with van der Waals surface area (Å²) in [6.45, 7) is 9.87. The van der Waals surface area contributed by atoms with E-state index in [1.54, 1.807) is 6.20 Å². The average molecular weight is 244 g/mol. The highest BCUT2D eigenvalue weighted by atomic mass is 15.3. The van der Waals surface area contributed by atoms with Crippen LogP contribution < -0.4 is 0 Å². The van der Waals surface area contributed by atoms with E-state index in [0.29, 0.717) is 11.7 Å². The first kappa shape index (κ1) is 13.0. The molecule has 1 unspecified atom stereocenters. The van der Waals surface area contributed by atoms with Gasteiger partial charge in [-0.1, -0.05) is 6.92 Å². The smallest absolute Gasteiger partial charge is 0.140 e. The van der Waals surface area contributed by atoms with E-state index in [1.807, 2.05) is 12.1 Å². The lowest BCUT2D eigenvalue weighted by atomic mass is 10.1. The van der Waals surface area contributed by atoms with E-state index in [9.17, 15) is 0 Å². The largest absolute Gasteiger partial charge is 0.298 e. The van der Waals surface area contributed by atoms with Crippen molar-refractivity contribution in [2.45, 2.75) is 26.4 Å². The molecule has 4 nitrogen and oxygen atoms in total. The molecule has 0 bridgehead atoms. The van der Waals surface area contributed by atoms with E-state index in [1.165, 1.54) is 5.56 Å². The molecule has 1 fully saturated rings. The van der Waals surface area contributed by atoms with Crippen LogP contribution in [0.25, 0.3) is 0 Å². The van der Waals surface area contributed by atoms with Gasteiger partial charge in [-0.05, 0) is 31.2 Å². The SMILES string of the molecule is CCN1CCN(Cc2ccnc(C#N)c2)CC1C. The molecule has 0 saturated carbocycles. The number of rotatable bonds is 3. The second kappa shape index (κ2) is 5.94. The minimum absolute atomic E-state index is 0.507. The number of hydrogen-bond acceptors (Lipinski definition) is 4. The van der Waals surface area contributed by atoms with Crippen LogP contribution in [0.2, 0.25) is 0 Å². The summed E-state index contributed by atoms with van der Waals surface area (Å²) in [6, 6.07) is 6.59. The summed E-state index contributed by atoms with van der Waals surface area (Å²) in [6.07, 6.45) is 1.72. The third-order valence-corrected chi connectivity index (χ3v) is 3.60. The number of likely N-dealkylation sites (N-methyl/N-ethyl adjacent to an activating group) is 1. The third-order valence-electron chi connectivity index (χ3n) is 3.60. The summed E-state index contributed by atoms with van der Waals surface area (Å²) in [5, 5.41) is 8.84. The number of nitriles is 1. The maximum Gasteiger partial charge on any atom is 0.140 e. The van der Waals surface area contributed by atoms with Crippen LogP contribution in [0.1, 0.15) is 25.1 Å². The van der Waals surface area contributed by atoms with Crippen molar-refractivity contribution in [2.75, 3.05) is 26.2 Å². The monoisotopic (exact) mass is 244 g/mol. The van der Waals surface area contributed by atoms with Gasteiger partial charge in [-0.3, -0.25) is 9.80 Å². The molecule has 1 saturated heterocycles. The summed E-state index contributed by atoms with van der Waals surface area (Å²) in [4.78, 5) is 8.96. The number of pyridine rings is 1. The molecule has 4 heteroatoms. The fourth-order valence-corrected chi connectivity index (χ4v) is 2.58. The molecule has 0 amide bonds. The van der Waals surface area contributed by atoms with Gasteiger partial charge in [-0.15, -0.1) is 0 Å². The number of nitrogens with zero attached hydrogens (tertiary/aromatic N) is 4. The molecular weight excluding hydrogens is 224 g/mol. The minimum Gasteiger partial charge on any atom is -0.298 e. The number of aromatic nitrogens is 1. The molecule has 1 aromatic rings. The van der Waals surface area contributed by atoms with Crippen LogP contribution in [-0.2, 0) is 6.54 Å². The van der Waals surface area contributed by atoms with E-state index in [4.69, 9.17) is 5.26 Å². The molecule has 2 heterocycles. The lowest BCUT2D eigenvalue weighted by Crippen LogP contribution is -2.51. The summed E-state index contributed by atoms with van der Waals surface area (Å²) >= 11 is 0. The predicted octanol–water partition coefficient (Wildman–Crippen LogP) is 1.48. The average Bonchev–Trinajstić information content (AvgIpc) is 2.39. The first-order chi connectivity index (χ1) is 8.72. The van der Waals surface area contributed by atoms with Crippen LogP contribution in [0.5, 0.6) is 0 Å². The molecule has 1 aliphatic rings. The van der Waals surface area contributed by atoms with Gasteiger partial charge in [0.2, 0.25) is 0 Å². The molecule has 96 valence electrons.